The molecule has 0 aromatic heterocycles. The highest BCUT2D eigenvalue weighted by molar-refractivity contribution is 5.85. The molecule has 1 aliphatic rings. The van der Waals surface area contributed by atoms with Gasteiger partial charge in [-0.2, -0.15) is 0 Å². The van der Waals surface area contributed by atoms with Crippen LogP contribution < -0.4 is 0 Å². The summed E-state index contributed by atoms with van der Waals surface area (Å²) in [5.74, 6) is -0.839. The van der Waals surface area contributed by atoms with Crippen molar-refractivity contribution in [2.45, 2.75) is 20.1 Å². The molecule has 1 aliphatic heterocycles. The van der Waals surface area contributed by atoms with Crippen molar-refractivity contribution in [3.63, 3.8) is 0 Å². The number of rotatable bonds is 1. The molecule has 0 amide bonds. The molecule has 1 atom stereocenters. The van der Waals surface area contributed by atoms with E-state index in [-0.39, 0.29) is 5.76 Å². The van der Waals surface area contributed by atoms with E-state index >= 15 is 0 Å². The highest BCUT2D eigenvalue weighted by Crippen LogP contribution is 2.20. The normalized spacial score (nSPS) is 24.0. The van der Waals surface area contributed by atoms with Crippen molar-refractivity contribution in [2.75, 3.05) is 0 Å². The van der Waals surface area contributed by atoms with E-state index in [2.05, 4.69) is 0 Å². The molecule has 1 heterocycles. The van der Waals surface area contributed by atoms with Gasteiger partial charge in [-0.3, -0.25) is 0 Å². The van der Waals surface area contributed by atoms with Crippen LogP contribution in [0, 0.1) is 0 Å². The number of carboxylic acid groups (broad SMARTS) is 1. The highest BCUT2D eigenvalue weighted by Gasteiger charge is 2.25. The SMILES string of the molecule is CC1=C(C(=O)O)OC(C)O1. The quantitative estimate of drug-likeness (QED) is 0.588. The molecular formula is C6H8O4. The van der Waals surface area contributed by atoms with Crippen molar-refractivity contribution in [2.24, 2.45) is 0 Å². The Morgan fingerprint density at radius 3 is 2.40 bits per heavy atom. The third-order valence-electron chi connectivity index (χ3n) is 1.14. The summed E-state index contributed by atoms with van der Waals surface area (Å²) in [4.78, 5) is 10.3. The molecule has 0 saturated carbocycles. The van der Waals surface area contributed by atoms with Crippen LogP contribution in [0.25, 0.3) is 0 Å². The maximum atomic E-state index is 10.3. The third-order valence-corrected chi connectivity index (χ3v) is 1.14. The number of aliphatic carboxylic acids is 1. The van der Waals surface area contributed by atoms with Gasteiger partial charge in [0.05, 0.1) is 0 Å². The molecule has 4 nitrogen and oxygen atoms in total. The molecule has 1 unspecified atom stereocenters. The van der Waals surface area contributed by atoms with Crippen LogP contribution in [-0.2, 0) is 14.3 Å². The summed E-state index contributed by atoms with van der Waals surface area (Å²) in [6, 6.07) is 0. The standard InChI is InChI=1S/C6H8O4/c1-3-5(6(7)8)10-4(2)9-3/h4H,1-2H3,(H,7,8). The third kappa shape index (κ3) is 1.05. The first kappa shape index (κ1) is 6.92. The fraction of sp³-hybridized carbons (Fsp3) is 0.500. The van der Waals surface area contributed by atoms with Crippen LogP contribution in [0.2, 0.25) is 0 Å². The molecule has 1 N–H and O–H groups in total. The van der Waals surface area contributed by atoms with Gasteiger partial charge in [0.25, 0.3) is 0 Å². The summed E-state index contributed by atoms with van der Waals surface area (Å²) in [6.07, 6.45) is -0.467. The van der Waals surface area contributed by atoms with E-state index in [4.69, 9.17) is 14.6 Å². The van der Waals surface area contributed by atoms with E-state index in [1.165, 1.54) is 0 Å². The summed E-state index contributed by atoms with van der Waals surface area (Å²) < 4.78 is 9.70. The summed E-state index contributed by atoms with van der Waals surface area (Å²) in [7, 11) is 0. The zero-order valence-electron chi connectivity index (χ0n) is 5.75. The van der Waals surface area contributed by atoms with E-state index in [9.17, 15) is 4.79 Å². The highest BCUT2D eigenvalue weighted by atomic mass is 16.7. The molecule has 0 spiro atoms. The van der Waals surface area contributed by atoms with Gasteiger partial charge < -0.3 is 14.6 Å². The van der Waals surface area contributed by atoms with E-state index in [0.29, 0.717) is 5.76 Å². The van der Waals surface area contributed by atoms with Crippen LogP contribution >= 0.6 is 0 Å². The summed E-state index contributed by atoms with van der Waals surface area (Å²) in [6.45, 7) is 3.20. The lowest BCUT2D eigenvalue weighted by atomic mass is 10.4. The lowest BCUT2D eigenvalue weighted by Crippen LogP contribution is -2.06. The summed E-state index contributed by atoms with van der Waals surface area (Å²) in [5, 5.41) is 8.44. The van der Waals surface area contributed by atoms with Crippen LogP contribution in [0.1, 0.15) is 13.8 Å². The zero-order valence-corrected chi connectivity index (χ0v) is 5.75. The first-order chi connectivity index (χ1) is 4.61. The Hall–Kier alpha value is -1.19. The number of carbonyl (C=O) groups is 1. The van der Waals surface area contributed by atoms with E-state index in [1.54, 1.807) is 13.8 Å². The molecule has 1 rings (SSSR count). The molecule has 0 aliphatic carbocycles. The smallest absolute Gasteiger partial charge is 0.374 e. The fourth-order valence-electron chi connectivity index (χ4n) is 0.776. The topological polar surface area (TPSA) is 55.8 Å². The molecule has 0 aromatic carbocycles. The minimum absolute atomic E-state index is 0.0903. The maximum Gasteiger partial charge on any atom is 0.374 e. The van der Waals surface area contributed by atoms with Gasteiger partial charge in [0.1, 0.15) is 5.76 Å². The van der Waals surface area contributed by atoms with Gasteiger partial charge in [-0.05, 0) is 6.92 Å². The first-order valence-electron chi connectivity index (χ1n) is 2.88. The lowest BCUT2D eigenvalue weighted by Gasteiger charge is -2.02. The maximum absolute atomic E-state index is 10.3. The Morgan fingerprint density at radius 2 is 2.20 bits per heavy atom. The molecule has 0 saturated heterocycles. The lowest BCUT2D eigenvalue weighted by molar-refractivity contribution is -0.138. The molecular weight excluding hydrogens is 136 g/mol. The van der Waals surface area contributed by atoms with Gasteiger partial charge >= 0.3 is 5.97 Å². The van der Waals surface area contributed by atoms with E-state index < -0.39 is 12.3 Å². The fourth-order valence-corrected chi connectivity index (χ4v) is 0.776. The Balaban J connectivity index is 2.76. The molecule has 0 bridgehead atoms. The number of hydrogen-bond donors (Lipinski definition) is 1. The van der Waals surface area contributed by atoms with Crippen molar-refractivity contribution in [1.82, 2.24) is 0 Å². The predicted octanol–water partition coefficient (Wildman–Crippen LogP) is 0.695. The molecule has 0 aromatic rings. The van der Waals surface area contributed by atoms with Crippen molar-refractivity contribution < 1.29 is 19.4 Å². The van der Waals surface area contributed by atoms with Crippen molar-refractivity contribution >= 4 is 5.97 Å². The molecule has 4 heteroatoms. The molecule has 56 valence electrons. The average molecular weight is 144 g/mol. The molecule has 0 radical (unpaired) electrons. The van der Waals surface area contributed by atoms with Crippen molar-refractivity contribution in [1.29, 1.82) is 0 Å². The van der Waals surface area contributed by atoms with Gasteiger partial charge in [-0.15, -0.1) is 0 Å². The van der Waals surface area contributed by atoms with Crippen LogP contribution in [0.5, 0.6) is 0 Å². The summed E-state index contributed by atoms with van der Waals surface area (Å²) in [5.41, 5.74) is 0. The second-order valence-electron chi connectivity index (χ2n) is 1.99. The number of allylic oxidation sites excluding steroid dienone is 1. The van der Waals surface area contributed by atoms with E-state index in [1.807, 2.05) is 0 Å². The van der Waals surface area contributed by atoms with Gasteiger partial charge in [0, 0.05) is 6.92 Å². The second kappa shape index (κ2) is 2.21. The second-order valence-corrected chi connectivity index (χ2v) is 1.99. The van der Waals surface area contributed by atoms with Crippen LogP contribution in [0.4, 0.5) is 0 Å². The number of ether oxygens (including phenoxy) is 2. The number of carboxylic acids is 1. The van der Waals surface area contributed by atoms with Crippen LogP contribution in [0.15, 0.2) is 11.5 Å². The van der Waals surface area contributed by atoms with E-state index in [0.717, 1.165) is 0 Å². The summed E-state index contributed by atoms with van der Waals surface area (Å²) >= 11 is 0. The van der Waals surface area contributed by atoms with Gasteiger partial charge in [-0.1, -0.05) is 0 Å². The molecule has 0 fully saturated rings. The van der Waals surface area contributed by atoms with Crippen LogP contribution in [-0.4, -0.2) is 17.4 Å². The Kier molecular flexibility index (Phi) is 1.53. The molecule has 10 heavy (non-hydrogen) atoms. The Bertz CT molecular complexity index is 194. The monoisotopic (exact) mass is 144 g/mol. The van der Waals surface area contributed by atoms with Gasteiger partial charge in [0.15, 0.2) is 0 Å². The van der Waals surface area contributed by atoms with Gasteiger partial charge in [0.2, 0.25) is 12.0 Å². The van der Waals surface area contributed by atoms with Crippen molar-refractivity contribution in [3.8, 4) is 0 Å². The van der Waals surface area contributed by atoms with Gasteiger partial charge in [-0.25, -0.2) is 4.79 Å². The predicted molar refractivity (Wildman–Crippen MR) is 32.0 cm³/mol. The van der Waals surface area contributed by atoms with Crippen LogP contribution in [0.3, 0.4) is 0 Å². The Morgan fingerprint density at radius 1 is 1.60 bits per heavy atom. The minimum Gasteiger partial charge on any atom is -0.475 e. The first-order valence-corrected chi connectivity index (χ1v) is 2.88. The largest absolute Gasteiger partial charge is 0.475 e. The zero-order chi connectivity index (χ0) is 7.72. The van der Waals surface area contributed by atoms with Crippen molar-refractivity contribution in [3.05, 3.63) is 11.5 Å². The Labute approximate surface area is 58.1 Å². The average Bonchev–Trinajstić information content (AvgIpc) is 2.10. The number of hydrogen-bond acceptors (Lipinski definition) is 3. The minimum atomic E-state index is -1.08.